The predicted octanol–water partition coefficient (Wildman–Crippen LogP) is 15.6. The molecule has 8 unspecified atom stereocenters. The minimum Gasteiger partial charge on any atom is -0.454 e. The fourth-order valence-corrected chi connectivity index (χ4v) is 9.67. The molecule has 6 N–H and O–H groups in total. The van der Waals surface area contributed by atoms with Crippen molar-refractivity contribution in [1.29, 1.82) is 0 Å². The lowest BCUT2D eigenvalue weighted by atomic mass is 9.99. The fourth-order valence-electron chi connectivity index (χ4n) is 9.67. The lowest BCUT2D eigenvalue weighted by Gasteiger charge is -2.41. The van der Waals surface area contributed by atoms with Crippen molar-refractivity contribution in [1.82, 2.24) is 5.32 Å². The van der Waals surface area contributed by atoms with Gasteiger partial charge in [0.15, 0.2) is 12.4 Å². The first-order valence-electron chi connectivity index (χ1n) is 32.2. The second kappa shape index (κ2) is 54.7. The van der Waals surface area contributed by atoms with Crippen LogP contribution in [0.1, 0.15) is 278 Å². The minimum absolute atomic E-state index is 0.111. The molecule has 1 aliphatic rings. The highest BCUT2D eigenvalue weighted by Crippen LogP contribution is 2.26. The number of unbranched alkanes of at least 4 members (excludes halogenated alkanes) is 30. The third-order valence-electron chi connectivity index (χ3n) is 14.8. The van der Waals surface area contributed by atoms with Crippen molar-refractivity contribution in [3.05, 3.63) is 72.9 Å². The Morgan fingerprint density at radius 1 is 0.500 bits per heavy atom. The fraction of sp³-hybridized carbons (Fsp3) is 0.791. The quantitative estimate of drug-likeness (QED) is 0.0195. The first kappa shape index (κ1) is 73.1. The van der Waals surface area contributed by atoms with Crippen LogP contribution < -0.4 is 5.32 Å². The third-order valence-corrected chi connectivity index (χ3v) is 14.8. The number of aliphatic hydroxyl groups is 5. The number of amides is 1. The van der Waals surface area contributed by atoms with Crippen LogP contribution >= 0.6 is 0 Å². The van der Waals surface area contributed by atoms with E-state index >= 15 is 0 Å². The number of esters is 1. The van der Waals surface area contributed by atoms with Gasteiger partial charge in [0.25, 0.3) is 0 Å². The second-order valence-corrected chi connectivity index (χ2v) is 22.1. The van der Waals surface area contributed by atoms with Gasteiger partial charge in [-0.1, -0.05) is 254 Å². The van der Waals surface area contributed by atoms with E-state index in [1.807, 2.05) is 6.08 Å². The molecule has 0 aliphatic carbocycles. The summed E-state index contributed by atoms with van der Waals surface area (Å²) < 4.78 is 17.6. The Kier molecular flexibility index (Phi) is 51.3. The molecule has 0 bridgehead atoms. The molecule has 0 spiro atoms. The van der Waals surface area contributed by atoms with Crippen LogP contribution in [0.4, 0.5) is 0 Å². The average Bonchev–Trinajstić information content (AvgIpc) is 3.46. The highest BCUT2D eigenvalue weighted by Gasteiger charge is 2.47. The summed E-state index contributed by atoms with van der Waals surface area (Å²) >= 11 is 0. The molecular formula is C67H119NO10. The lowest BCUT2D eigenvalue weighted by molar-refractivity contribution is -0.305. The Morgan fingerprint density at radius 2 is 0.897 bits per heavy atom. The van der Waals surface area contributed by atoms with Gasteiger partial charge >= 0.3 is 5.97 Å². The summed E-state index contributed by atoms with van der Waals surface area (Å²) in [6.45, 7) is 5.71. The van der Waals surface area contributed by atoms with Crippen LogP contribution in [0.15, 0.2) is 72.9 Å². The van der Waals surface area contributed by atoms with Gasteiger partial charge in [0, 0.05) is 6.42 Å². The number of ether oxygens (including phenoxy) is 3. The van der Waals surface area contributed by atoms with Crippen LogP contribution in [0.25, 0.3) is 0 Å². The van der Waals surface area contributed by atoms with E-state index in [1.165, 1.54) is 128 Å². The Labute approximate surface area is 477 Å². The number of allylic oxidation sites excluding steroid dienone is 11. The number of carbonyl (C=O) groups is 2. The molecule has 0 radical (unpaired) electrons. The Hall–Kier alpha value is -2.90. The Balaban J connectivity index is 2.59. The van der Waals surface area contributed by atoms with Crippen LogP contribution in [0.2, 0.25) is 0 Å². The summed E-state index contributed by atoms with van der Waals surface area (Å²) in [6, 6.07) is -1.03. The number of hydrogen-bond donors (Lipinski definition) is 6. The molecule has 11 heteroatoms. The lowest BCUT2D eigenvalue weighted by Crippen LogP contribution is -2.61. The highest BCUT2D eigenvalue weighted by atomic mass is 16.7. The van der Waals surface area contributed by atoms with Gasteiger partial charge in [-0.3, -0.25) is 9.59 Å². The van der Waals surface area contributed by atoms with Crippen molar-refractivity contribution in [3.63, 3.8) is 0 Å². The number of carbonyl (C=O) groups excluding carboxylic acids is 2. The summed E-state index contributed by atoms with van der Waals surface area (Å²) in [7, 11) is 0. The first-order valence-corrected chi connectivity index (χ1v) is 32.2. The Bertz CT molecular complexity index is 1540. The van der Waals surface area contributed by atoms with Crippen molar-refractivity contribution in [2.75, 3.05) is 13.2 Å². The summed E-state index contributed by atoms with van der Waals surface area (Å²) in [5, 5.41) is 56.9. The number of nitrogens with one attached hydrogen (secondary N) is 1. The standard InChI is InChI=1S/C67H119NO10/c1-4-7-10-13-16-19-22-24-25-26-27-28-29-30-31-32-33-34-35-36-37-40-42-45-48-51-54-60(71)66(75)68-58(59(70)53-50-47-44-41-39-23-20-17-14-11-8-5-2)57-76-67-65(64(74)63(73)61(56-69)77-67)78-62(72)55-52-49-46-43-38-21-18-15-12-9-6-3/h15-16,18-19,24-25,27-28,30-31,50,53,58-61,63-65,67,69-71,73-74H,4-14,17,20-23,26,29,32-49,51-52,54-57H2,1-3H3,(H,68,75)/b18-15-,19-16-,25-24-,28-27-,31-30-,53-50+. The van der Waals surface area contributed by atoms with Gasteiger partial charge in [0.1, 0.15) is 24.4 Å². The van der Waals surface area contributed by atoms with Gasteiger partial charge in [0.2, 0.25) is 5.91 Å². The van der Waals surface area contributed by atoms with Gasteiger partial charge in [-0.15, -0.1) is 0 Å². The normalized spacial score (nSPS) is 19.4. The molecule has 8 atom stereocenters. The maximum absolute atomic E-state index is 13.4. The van der Waals surface area contributed by atoms with Crippen LogP contribution in [0.5, 0.6) is 0 Å². The molecule has 1 amide bonds. The van der Waals surface area contributed by atoms with Crippen LogP contribution in [0.3, 0.4) is 0 Å². The largest absolute Gasteiger partial charge is 0.454 e. The predicted molar refractivity (Wildman–Crippen MR) is 324 cm³/mol. The molecule has 0 aromatic heterocycles. The van der Waals surface area contributed by atoms with Crippen molar-refractivity contribution >= 4 is 11.9 Å². The van der Waals surface area contributed by atoms with Gasteiger partial charge in [-0.25, -0.2) is 0 Å². The number of hydrogen-bond acceptors (Lipinski definition) is 10. The zero-order valence-corrected chi connectivity index (χ0v) is 50.0. The van der Waals surface area contributed by atoms with E-state index in [4.69, 9.17) is 14.2 Å². The van der Waals surface area contributed by atoms with E-state index in [9.17, 15) is 35.1 Å². The molecule has 452 valence electrons. The molecule has 0 aromatic rings. The molecule has 1 heterocycles. The van der Waals surface area contributed by atoms with Crippen LogP contribution in [-0.4, -0.2) is 99.6 Å². The zero-order chi connectivity index (χ0) is 56.8. The van der Waals surface area contributed by atoms with Crippen LogP contribution in [-0.2, 0) is 23.8 Å². The molecule has 78 heavy (non-hydrogen) atoms. The van der Waals surface area contributed by atoms with E-state index in [-0.39, 0.29) is 19.4 Å². The first-order chi connectivity index (χ1) is 38.2. The highest BCUT2D eigenvalue weighted by molar-refractivity contribution is 5.80. The van der Waals surface area contributed by atoms with Crippen molar-refractivity contribution in [2.24, 2.45) is 0 Å². The molecular weight excluding hydrogens is 979 g/mol. The minimum atomic E-state index is -1.62. The molecule has 1 rings (SSSR count). The summed E-state index contributed by atoms with van der Waals surface area (Å²) in [6.07, 6.45) is 59.5. The van der Waals surface area contributed by atoms with Crippen molar-refractivity contribution in [2.45, 2.75) is 327 Å². The molecule has 0 saturated carbocycles. The van der Waals surface area contributed by atoms with Gasteiger partial charge in [-0.2, -0.15) is 0 Å². The molecule has 1 fully saturated rings. The van der Waals surface area contributed by atoms with Gasteiger partial charge in [0.05, 0.1) is 25.4 Å². The van der Waals surface area contributed by atoms with E-state index < -0.39 is 67.4 Å². The van der Waals surface area contributed by atoms with Crippen molar-refractivity contribution < 1.29 is 49.3 Å². The van der Waals surface area contributed by atoms with Crippen LogP contribution in [0, 0.1) is 0 Å². The Morgan fingerprint density at radius 3 is 1.40 bits per heavy atom. The van der Waals surface area contributed by atoms with Gasteiger partial charge < -0.3 is 45.1 Å². The maximum Gasteiger partial charge on any atom is 0.306 e. The van der Waals surface area contributed by atoms with E-state index in [0.29, 0.717) is 12.8 Å². The number of rotatable bonds is 54. The summed E-state index contributed by atoms with van der Waals surface area (Å²) in [5.41, 5.74) is 0. The van der Waals surface area contributed by atoms with E-state index in [2.05, 4.69) is 86.8 Å². The van der Waals surface area contributed by atoms with Gasteiger partial charge in [-0.05, 0) is 89.9 Å². The number of aliphatic hydroxyl groups excluding tert-OH is 5. The second-order valence-electron chi connectivity index (χ2n) is 22.1. The molecule has 1 aliphatic heterocycles. The van der Waals surface area contributed by atoms with E-state index in [0.717, 1.165) is 103 Å². The third kappa shape index (κ3) is 42.0. The molecule has 0 aromatic carbocycles. The molecule has 11 nitrogen and oxygen atoms in total. The topological polar surface area (TPSA) is 175 Å². The van der Waals surface area contributed by atoms with E-state index in [1.54, 1.807) is 6.08 Å². The zero-order valence-electron chi connectivity index (χ0n) is 50.0. The summed E-state index contributed by atoms with van der Waals surface area (Å²) in [5.74, 6) is -1.21. The maximum atomic E-state index is 13.4. The average molecular weight is 1100 g/mol. The SMILES string of the molecule is CCCC/C=C\CCCCCCCC(=O)OC1C(OCC(NC(=O)C(O)CCCCCCCCCCCC/C=C\C/C=C\C/C=C\C/C=C\CCCCC)C(O)/C=C/CCCCCCCCCCCC)OC(CO)C(O)C1O. The smallest absolute Gasteiger partial charge is 0.306 e. The summed E-state index contributed by atoms with van der Waals surface area (Å²) in [4.78, 5) is 26.5. The molecule has 1 saturated heterocycles. The van der Waals surface area contributed by atoms with Crippen molar-refractivity contribution in [3.8, 4) is 0 Å². The monoisotopic (exact) mass is 1100 g/mol.